The second kappa shape index (κ2) is 5.46. The van der Waals surface area contributed by atoms with E-state index >= 15 is 0 Å². The summed E-state index contributed by atoms with van der Waals surface area (Å²) in [6, 6.07) is 16.2. The summed E-state index contributed by atoms with van der Waals surface area (Å²) in [5.74, 6) is 0. The van der Waals surface area contributed by atoms with Gasteiger partial charge in [-0.05, 0) is 22.4 Å². The van der Waals surface area contributed by atoms with Crippen LogP contribution in [-0.2, 0) is 0 Å². The molecule has 2 aromatic carbocycles. The molecule has 0 spiro atoms. The van der Waals surface area contributed by atoms with Crippen LogP contribution >= 0.6 is 15.3 Å². The van der Waals surface area contributed by atoms with E-state index in [1.165, 1.54) is 22.4 Å². The first-order chi connectivity index (χ1) is 7.77. The third-order valence-electron chi connectivity index (χ3n) is 2.58. The Kier molecular flexibility index (Phi) is 3.96. The van der Waals surface area contributed by atoms with Gasteiger partial charge in [0.05, 0.1) is 0 Å². The highest BCUT2D eigenvalue weighted by Gasteiger charge is 1.97. The molecule has 2 rings (SSSR count). The van der Waals surface area contributed by atoms with Crippen molar-refractivity contribution >= 4 is 39.6 Å². The molecule has 0 radical (unpaired) electrons. The van der Waals surface area contributed by atoms with E-state index in [0.29, 0.717) is 0 Å². The summed E-state index contributed by atoms with van der Waals surface area (Å²) in [5, 5.41) is 2.65. The molecule has 0 N–H and O–H groups in total. The zero-order valence-electron chi connectivity index (χ0n) is 9.36. The molecular formula is C14H15BrSi. The van der Waals surface area contributed by atoms with Gasteiger partial charge in [0.1, 0.15) is 7.42 Å². The van der Waals surface area contributed by atoms with E-state index in [4.69, 9.17) is 0 Å². The molecule has 0 nitrogen and oxygen atoms in total. The summed E-state index contributed by atoms with van der Waals surface area (Å²) >= 11 is 3.69. The molecule has 82 valence electrons. The van der Waals surface area contributed by atoms with Crippen molar-refractivity contribution in [1.29, 1.82) is 0 Å². The number of allylic oxidation sites excluding steroid dienone is 1. The molecule has 0 saturated heterocycles. The highest BCUT2D eigenvalue weighted by molar-refractivity contribution is 9.24. The third-order valence-corrected chi connectivity index (χ3v) is 4.62. The van der Waals surface area contributed by atoms with Crippen LogP contribution in [0.5, 0.6) is 0 Å². The highest BCUT2D eigenvalue weighted by Crippen LogP contribution is 2.20. The third kappa shape index (κ3) is 2.83. The number of rotatable bonds is 3. The van der Waals surface area contributed by atoms with Gasteiger partial charge in [-0.25, -0.2) is 0 Å². The van der Waals surface area contributed by atoms with Crippen LogP contribution < -0.4 is 0 Å². The fourth-order valence-corrected chi connectivity index (χ4v) is 2.94. The predicted octanol–water partition coefficient (Wildman–Crippen LogP) is 4.60. The van der Waals surface area contributed by atoms with Crippen molar-refractivity contribution in [3.63, 3.8) is 0 Å². The second-order valence-electron chi connectivity index (χ2n) is 3.99. The Bertz CT molecular complexity index is 498. The summed E-state index contributed by atoms with van der Waals surface area (Å²) in [5.41, 5.74) is 1.32. The Morgan fingerprint density at radius 3 is 2.69 bits per heavy atom. The lowest BCUT2D eigenvalue weighted by Crippen LogP contribution is -1.89. The summed E-state index contributed by atoms with van der Waals surface area (Å²) < 4.78 is 0. The standard InChI is InChI=1S/C14H15BrSi/c1-16(15)11-5-9-13-8-4-7-12-6-2-3-10-14(12)13/h2-10,16H,11H2,1H3. The molecule has 0 aliphatic carbocycles. The van der Waals surface area contributed by atoms with Gasteiger partial charge >= 0.3 is 0 Å². The second-order valence-corrected chi connectivity index (χ2v) is 10.7. The van der Waals surface area contributed by atoms with Crippen molar-refractivity contribution in [3.05, 3.63) is 54.1 Å². The molecule has 0 bridgehead atoms. The van der Waals surface area contributed by atoms with E-state index in [1.54, 1.807) is 0 Å². The van der Waals surface area contributed by atoms with E-state index in [9.17, 15) is 0 Å². The summed E-state index contributed by atoms with van der Waals surface area (Å²) in [7, 11) is -0.648. The molecule has 0 saturated carbocycles. The van der Waals surface area contributed by atoms with Crippen LogP contribution in [-0.4, -0.2) is 7.42 Å². The molecule has 1 unspecified atom stereocenters. The van der Waals surface area contributed by atoms with E-state index < -0.39 is 7.42 Å². The summed E-state index contributed by atoms with van der Waals surface area (Å²) in [6.45, 7) is 2.30. The molecule has 0 aromatic heterocycles. The predicted molar refractivity (Wildman–Crippen MR) is 79.7 cm³/mol. The summed E-state index contributed by atoms with van der Waals surface area (Å²) in [6.07, 6.45) is 4.53. The van der Waals surface area contributed by atoms with Crippen molar-refractivity contribution in [2.45, 2.75) is 12.6 Å². The molecular weight excluding hydrogens is 276 g/mol. The molecule has 0 aliphatic heterocycles. The Labute approximate surface area is 106 Å². The van der Waals surface area contributed by atoms with Gasteiger partial charge in [-0.2, -0.15) is 0 Å². The minimum absolute atomic E-state index is 0.648. The molecule has 1 atom stereocenters. The zero-order valence-corrected chi connectivity index (χ0v) is 12.1. The van der Waals surface area contributed by atoms with Crippen LogP contribution in [0.2, 0.25) is 12.6 Å². The van der Waals surface area contributed by atoms with Crippen LogP contribution in [0.1, 0.15) is 5.56 Å². The lowest BCUT2D eigenvalue weighted by Gasteiger charge is -2.01. The molecule has 2 heteroatoms. The minimum Gasteiger partial charge on any atom is -0.131 e. The van der Waals surface area contributed by atoms with Gasteiger partial charge in [0.15, 0.2) is 0 Å². The molecule has 0 fully saturated rings. The molecule has 0 aliphatic rings. The summed E-state index contributed by atoms with van der Waals surface area (Å²) in [4.78, 5) is 0. The van der Waals surface area contributed by atoms with E-state index in [0.717, 1.165) is 0 Å². The van der Waals surface area contributed by atoms with Crippen molar-refractivity contribution in [2.75, 3.05) is 0 Å². The lowest BCUT2D eigenvalue weighted by molar-refractivity contribution is 1.66. The molecule has 0 heterocycles. The Hall–Kier alpha value is -0.863. The van der Waals surface area contributed by atoms with Gasteiger partial charge in [0.25, 0.3) is 0 Å². The maximum Gasteiger partial charge on any atom is 0.115 e. The maximum atomic E-state index is 3.69. The van der Waals surface area contributed by atoms with E-state index in [-0.39, 0.29) is 0 Å². The Morgan fingerprint density at radius 2 is 1.88 bits per heavy atom. The van der Waals surface area contributed by atoms with Crippen LogP contribution in [0.15, 0.2) is 48.5 Å². The van der Waals surface area contributed by atoms with Gasteiger partial charge in [0.2, 0.25) is 0 Å². The van der Waals surface area contributed by atoms with Crippen molar-refractivity contribution in [2.24, 2.45) is 0 Å². The van der Waals surface area contributed by atoms with Crippen molar-refractivity contribution in [1.82, 2.24) is 0 Å². The van der Waals surface area contributed by atoms with E-state index in [1.807, 2.05) is 0 Å². The monoisotopic (exact) mass is 290 g/mol. The van der Waals surface area contributed by atoms with Crippen LogP contribution in [0.25, 0.3) is 16.8 Å². The fourth-order valence-electron chi connectivity index (χ4n) is 1.78. The molecule has 0 amide bonds. The first-order valence-electron chi connectivity index (χ1n) is 5.56. The van der Waals surface area contributed by atoms with Gasteiger partial charge in [-0.3, -0.25) is 0 Å². The van der Waals surface area contributed by atoms with Gasteiger partial charge < -0.3 is 0 Å². The number of hydrogen-bond donors (Lipinski definition) is 0. The van der Waals surface area contributed by atoms with Gasteiger partial charge in [-0.15, -0.1) is 15.3 Å². The van der Waals surface area contributed by atoms with Crippen molar-refractivity contribution in [3.8, 4) is 0 Å². The first-order valence-corrected chi connectivity index (χ1v) is 10.7. The zero-order chi connectivity index (χ0) is 11.4. The van der Waals surface area contributed by atoms with Gasteiger partial charge in [-0.1, -0.05) is 61.2 Å². The smallest absolute Gasteiger partial charge is 0.115 e. The average Bonchev–Trinajstić information content (AvgIpc) is 2.29. The largest absolute Gasteiger partial charge is 0.131 e. The Morgan fingerprint density at radius 1 is 1.12 bits per heavy atom. The number of fused-ring (bicyclic) bond motifs is 1. The maximum absolute atomic E-state index is 3.69. The fraction of sp³-hybridized carbons (Fsp3) is 0.143. The lowest BCUT2D eigenvalue weighted by atomic mass is 10.0. The topological polar surface area (TPSA) is 0 Å². The minimum atomic E-state index is -0.648. The Balaban J connectivity index is 2.34. The highest BCUT2D eigenvalue weighted by atomic mass is 79.9. The van der Waals surface area contributed by atoms with Crippen LogP contribution in [0.3, 0.4) is 0 Å². The quantitative estimate of drug-likeness (QED) is 0.572. The number of halogens is 1. The van der Waals surface area contributed by atoms with Crippen LogP contribution in [0, 0.1) is 0 Å². The number of benzene rings is 2. The van der Waals surface area contributed by atoms with E-state index in [2.05, 4.69) is 76.5 Å². The number of hydrogen-bond acceptors (Lipinski definition) is 0. The SMILES string of the molecule is C[SiH](Br)CC=Cc1cccc2ccccc12. The van der Waals surface area contributed by atoms with Gasteiger partial charge in [0, 0.05) is 0 Å². The average molecular weight is 291 g/mol. The molecule has 16 heavy (non-hydrogen) atoms. The first kappa shape index (κ1) is 11.6. The normalized spacial score (nSPS) is 13.4. The van der Waals surface area contributed by atoms with Crippen LogP contribution in [0.4, 0.5) is 0 Å². The van der Waals surface area contributed by atoms with Crippen molar-refractivity contribution < 1.29 is 0 Å². The molecule has 2 aromatic rings.